The van der Waals surface area contributed by atoms with Crippen molar-refractivity contribution in [3.8, 4) is 17.7 Å². The number of hydrogen-bond acceptors (Lipinski definition) is 4. The molecule has 0 saturated carbocycles. The van der Waals surface area contributed by atoms with Gasteiger partial charge in [-0.15, -0.1) is 13.2 Å². The van der Waals surface area contributed by atoms with Crippen LogP contribution in [0.2, 0.25) is 0 Å². The standard InChI is InChI=1S/C9H4F6N2O2/c10-8(11,12)6-4(1-2-16)5(18)3-17-7(6)19-9(13,14)15/h3,18H,1H2. The molecule has 0 bridgehead atoms. The first-order chi connectivity index (χ1) is 8.56. The number of halogens is 6. The Balaban J connectivity index is 3.48. The molecule has 104 valence electrons. The maximum atomic E-state index is 12.7. The summed E-state index contributed by atoms with van der Waals surface area (Å²) >= 11 is 0. The Labute approximate surface area is 101 Å². The van der Waals surface area contributed by atoms with Gasteiger partial charge in [-0.3, -0.25) is 0 Å². The lowest BCUT2D eigenvalue weighted by Crippen LogP contribution is -2.22. The van der Waals surface area contributed by atoms with E-state index in [4.69, 9.17) is 10.4 Å². The number of aromatic hydroxyl groups is 1. The summed E-state index contributed by atoms with van der Waals surface area (Å²) in [6.07, 6.45) is -11.2. The summed E-state index contributed by atoms with van der Waals surface area (Å²) in [5.41, 5.74) is -2.95. The van der Waals surface area contributed by atoms with Crippen LogP contribution in [0.5, 0.6) is 11.6 Å². The highest BCUT2D eigenvalue weighted by Crippen LogP contribution is 2.42. The summed E-state index contributed by atoms with van der Waals surface area (Å²) in [6.45, 7) is 0. The molecule has 1 rings (SSSR count). The number of pyridine rings is 1. The van der Waals surface area contributed by atoms with E-state index in [1.165, 1.54) is 6.07 Å². The van der Waals surface area contributed by atoms with Crippen molar-refractivity contribution in [1.29, 1.82) is 5.26 Å². The van der Waals surface area contributed by atoms with E-state index >= 15 is 0 Å². The van der Waals surface area contributed by atoms with Crippen LogP contribution in [0, 0.1) is 11.3 Å². The molecule has 0 saturated heterocycles. The Morgan fingerprint density at radius 3 is 2.26 bits per heavy atom. The van der Waals surface area contributed by atoms with E-state index in [1.54, 1.807) is 0 Å². The second kappa shape index (κ2) is 4.83. The molecule has 4 nitrogen and oxygen atoms in total. The second-order valence-electron chi connectivity index (χ2n) is 3.18. The third-order valence-corrected chi connectivity index (χ3v) is 1.88. The molecule has 0 amide bonds. The summed E-state index contributed by atoms with van der Waals surface area (Å²) < 4.78 is 77.1. The summed E-state index contributed by atoms with van der Waals surface area (Å²) in [6, 6.07) is 1.30. The van der Waals surface area contributed by atoms with Gasteiger partial charge in [-0.05, 0) is 0 Å². The lowest BCUT2D eigenvalue weighted by Gasteiger charge is -2.17. The Bertz CT molecular complexity index is 517. The van der Waals surface area contributed by atoms with Gasteiger partial charge in [0, 0.05) is 5.56 Å². The number of hydrogen-bond donors (Lipinski definition) is 1. The van der Waals surface area contributed by atoms with Crippen LogP contribution in [0.1, 0.15) is 11.1 Å². The molecular formula is C9H4F6N2O2. The van der Waals surface area contributed by atoms with Crippen LogP contribution in [-0.4, -0.2) is 16.5 Å². The van der Waals surface area contributed by atoms with E-state index in [0.717, 1.165) is 0 Å². The molecule has 1 N–H and O–H groups in total. The zero-order chi connectivity index (χ0) is 14.8. The number of aromatic nitrogens is 1. The molecule has 0 radical (unpaired) electrons. The highest BCUT2D eigenvalue weighted by atomic mass is 19.4. The zero-order valence-corrected chi connectivity index (χ0v) is 8.80. The number of nitrogens with zero attached hydrogens (tertiary/aromatic N) is 2. The van der Waals surface area contributed by atoms with Crippen LogP contribution >= 0.6 is 0 Å². The van der Waals surface area contributed by atoms with Crippen LogP contribution in [-0.2, 0) is 12.6 Å². The Kier molecular flexibility index (Phi) is 3.78. The fourth-order valence-electron chi connectivity index (χ4n) is 1.26. The summed E-state index contributed by atoms with van der Waals surface area (Å²) in [4.78, 5) is 2.75. The van der Waals surface area contributed by atoms with E-state index in [-0.39, 0.29) is 0 Å². The van der Waals surface area contributed by atoms with E-state index in [1.807, 2.05) is 0 Å². The SMILES string of the molecule is N#CCc1c(O)cnc(OC(F)(F)F)c1C(F)(F)F. The third-order valence-electron chi connectivity index (χ3n) is 1.88. The number of alkyl halides is 6. The highest BCUT2D eigenvalue weighted by Gasteiger charge is 2.43. The van der Waals surface area contributed by atoms with E-state index in [2.05, 4.69) is 9.72 Å². The highest BCUT2D eigenvalue weighted by molar-refractivity contribution is 5.46. The fraction of sp³-hybridized carbons (Fsp3) is 0.333. The van der Waals surface area contributed by atoms with Gasteiger partial charge in [0.05, 0.1) is 18.7 Å². The average molecular weight is 286 g/mol. The monoisotopic (exact) mass is 286 g/mol. The Morgan fingerprint density at radius 1 is 1.26 bits per heavy atom. The summed E-state index contributed by atoms with van der Waals surface area (Å²) in [5, 5.41) is 17.5. The molecule has 0 atom stereocenters. The van der Waals surface area contributed by atoms with Crippen LogP contribution in [0.15, 0.2) is 6.20 Å². The molecule has 0 aliphatic carbocycles. The van der Waals surface area contributed by atoms with Crippen molar-refractivity contribution < 1.29 is 36.2 Å². The van der Waals surface area contributed by atoms with Crippen molar-refractivity contribution in [3.05, 3.63) is 17.3 Å². The molecule has 19 heavy (non-hydrogen) atoms. The van der Waals surface area contributed by atoms with Gasteiger partial charge in [-0.2, -0.15) is 18.4 Å². The quantitative estimate of drug-likeness (QED) is 0.849. The minimum Gasteiger partial charge on any atom is -0.506 e. The van der Waals surface area contributed by atoms with Crippen molar-refractivity contribution in [2.75, 3.05) is 0 Å². The van der Waals surface area contributed by atoms with Crippen molar-refractivity contribution >= 4 is 0 Å². The van der Waals surface area contributed by atoms with Crippen molar-refractivity contribution in [3.63, 3.8) is 0 Å². The minimum absolute atomic E-state index is 0.350. The predicted octanol–water partition coefficient (Wildman–Crippen LogP) is 2.77. The third kappa shape index (κ3) is 3.64. The number of rotatable bonds is 2. The van der Waals surface area contributed by atoms with E-state index < -0.39 is 41.7 Å². The summed E-state index contributed by atoms with van der Waals surface area (Å²) in [7, 11) is 0. The molecule has 1 aromatic heterocycles. The smallest absolute Gasteiger partial charge is 0.506 e. The maximum absolute atomic E-state index is 12.7. The largest absolute Gasteiger partial charge is 0.574 e. The van der Waals surface area contributed by atoms with Gasteiger partial charge in [0.15, 0.2) is 0 Å². The van der Waals surface area contributed by atoms with Crippen LogP contribution in [0.25, 0.3) is 0 Å². The maximum Gasteiger partial charge on any atom is 0.574 e. The first kappa shape index (κ1) is 14.9. The number of nitriles is 1. The first-order valence-corrected chi connectivity index (χ1v) is 4.47. The molecule has 1 heterocycles. The fourth-order valence-corrected chi connectivity index (χ4v) is 1.26. The molecule has 0 aromatic carbocycles. The van der Waals surface area contributed by atoms with Gasteiger partial charge in [-0.1, -0.05) is 0 Å². The number of ether oxygens (including phenoxy) is 1. The lowest BCUT2D eigenvalue weighted by atomic mass is 10.1. The zero-order valence-electron chi connectivity index (χ0n) is 8.80. The van der Waals surface area contributed by atoms with Gasteiger partial charge in [0.2, 0.25) is 5.88 Å². The topological polar surface area (TPSA) is 66.1 Å². The molecule has 0 aliphatic heterocycles. The van der Waals surface area contributed by atoms with Gasteiger partial charge in [0.25, 0.3) is 0 Å². The lowest BCUT2D eigenvalue weighted by molar-refractivity contribution is -0.278. The van der Waals surface area contributed by atoms with Gasteiger partial charge in [-0.25, -0.2) is 4.98 Å². The minimum atomic E-state index is -5.38. The van der Waals surface area contributed by atoms with Crippen molar-refractivity contribution in [2.24, 2.45) is 0 Å². The molecule has 0 aliphatic rings. The summed E-state index contributed by atoms with van der Waals surface area (Å²) in [5.74, 6) is -2.80. The van der Waals surface area contributed by atoms with E-state index in [9.17, 15) is 26.3 Å². The molecule has 1 aromatic rings. The molecule has 0 spiro atoms. The van der Waals surface area contributed by atoms with Crippen LogP contribution in [0.3, 0.4) is 0 Å². The molecule has 0 unspecified atom stereocenters. The Hall–Kier alpha value is -2.18. The average Bonchev–Trinajstić information content (AvgIpc) is 2.19. The van der Waals surface area contributed by atoms with E-state index in [0.29, 0.717) is 6.20 Å². The van der Waals surface area contributed by atoms with Gasteiger partial charge >= 0.3 is 12.5 Å². The predicted molar refractivity (Wildman–Crippen MR) is 46.9 cm³/mol. The van der Waals surface area contributed by atoms with Crippen LogP contribution < -0.4 is 4.74 Å². The molecule has 10 heteroatoms. The van der Waals surface area contributed by atoms with Crippen molar-refractivity contribution in [2.45, 2.75) is 19.0 Å². The first-order valence-electron chi connectivity index (χ1n) is 4.47. The van der Waals surface area contributed by atoms with Crippen molar-refractivity contribution in [1.82, 2.24) is 4.98 Å². The second-order valence-corrected chi connectivity index (χ2v) is 3.18. The Morgan fingerprint density at radius 2 is 1.84 bits per heavy atom. The normalized spacial score (nSPS) is 12.1. The molecular weight excluding hydrogens is 282 g/mol. The van der Waals surface area contributed by atoms with Crippen LogP contribution in [0.4, 0.5) is 26.3 Å². The van der Waals surface area contributed by atoms with Gasteiger partial charge in [0.1, 0.15) is 11.3 Å². The van der Waals surface area contributed by atoms with Gasteiger partial charge < -0.3 is 9.84 Å². The molecule has 0 fully saturated rings.